The maximum Gasteiger partial charge on any atom is 0.161 e. The number of benzene rings is 1. The Labute approximate surface area is 108 Å². The summed E-state index contributed by atoms with van der Waals surface area (Å²) in [6.45, 7) is 1.65. The molecule has 1 saturated heterocycles. The van der Waals surface area contributed by atoms with Crippen molar-refractivity contribution >= 4 is 5.78 Å². The number of carbonyl (C=O) groups is 1. The van der Waals surface area contributed by atoms with Gasteiger partial charge in [0, 0.05) is 0 Å². The van der Waals surface area contributed by atoms with Crippen LogP contribution in [0, 0.1) is 0 Å². The van der Waals surface area contributed by atoms with Crippen LogP contribution in [0.15, 0.2) is 30.3 Å². The molecule has 2 heteroatoms. The van der Waals surface area contributed by atoms with Crippen LogP contribution < -0.4 is 0 Å². The molecule has 1 aliphatic heterocycles. The first-order valence-electron chi connectivity index (χ1n) is 6.94. The Morgan fingerprint density at radius 3 is 2.67 bits per heavy atom. The Bertz CT molecular complexity index is 440. The Morgan fingerprint density at radius 1 is 1.22 bits per heavy atom. The zero-order chi connectivity index (χ0) is 12.6. The number of hydrogen-bond acceptors (Lipinski definition) is 2. The number of ether oxygens (including phenoxy) is 1. The monoisotopic (exact) mass is 244 g/mol. The first-order chi connectivity index (χ1) is 8.71. The van der Waals surface area contributed by atoms with E-state index < -0.39 is 0 Å². The van der Waals surface area contributed by atoms with Gasteiger partial charge in [0.25, 0.3) is 0 Å². The summed E-state index contributed by atoms with van der Waals surface area (Å²) in [5.41, 5.74) is 1.35. The normalized spacial score (nSPS) is 35.2. The first-order valence-corrected chi connectivity index (χ1v) is 6.94. The average Bonchev–Trinajstić information content (AvgIpc) is 3.14. The Morgan fingerprint density at radius 2 is 2.00 bits per heavy atom. The number of epoxide rings is 1. The van der Waals surface area contributed by atoms with Crippen LogP contribution in [0.4, 0.5) is 0 Å². The lowest BCUT2D eigenvalue weighted by molar-refractivity contribution is -0.118. The molecule has 2 fully saturated rings. The molecule has 3 atom stereocenters. The van der Waals surface area contributed by atoms with E-state index in [1.165, 1.54) is 18.4 Å². The van der Waals surface area contributed by atoms with E-state index in [4.69, 9.17) is 4.74 Å². The summed E-state index contributed by atoms with van der Waals surface area (Å²) in [6.07, 6.45) is 5.53. The molecule has 18 heavy (non-hydrogen) atoms. The average molecular weight is 244 g/mol. The molecule has 1 heterocycles. The molecule has 1 spiro atoms. The maximum absolute atomic E-state index is 11.4. The van der Waals surface area contributed by atoms with E-state index >= 15 is 0 Å². The Hall–Kier alpha value is -1.15. The van der Waals surface area contributed by atoms with Gasteiger partial charge in [0.05, 0.1) is 0 Å². The van der Waals surface area contributed by atoms with Gasteiger partial charge in [-0.15, -0.1) is 0 Å². The van der Waals surface area contributed by atoms with Crippen molar-refractivity contribution in [3.63, 3.8) is 0 Å². The summed E-state index contributed by atoms with van der Waals surface area (Å²) in [5, 5.41) is 0. The number of hydrogen-bond donors (Lipinski definition) is 0. The maximum atomic E-state index is 11.4. The van der Waals surface area contributed by atoms with Crippen molar-refractivity contribution in [1.82, 2.24) is 0 Å². The van der Waals surface area contributed by atoms with Crippen LogP contribution in [-0.4, -0.2) is 17.5 Å². The fourth-order valence-corrected chi connectivity index (χ4v) is 3.43. The zero-order valence-electron chi connectivity index (χ0n) is 10.9. The van der Waals surface area contributed by atoms with Crippen LogP contribution >= 0.6 is 0 Å². The minimum Gasteiger partial charge on any atom is -0.358 e. The minimum absolute atomic E-state index is 0.0879. The molecule has 0 radical (unpaired) electrons. The molecule has 0 amide bonds. The molecule has 2 nitrogen and oxygen atoms in total. The molecule has 0 bridgehead atoms. The van der Waals surface area contributed by atoms with E-state index in [1.54, 1.807) is 6.92 Å². The molecule has 3 unspecified atom stereocenters. The SMILES string of the molecule is CC(=O)C1OC12CCCC(c1ccccc1)CC2. The van der Waals surface area contributed by atoms with E-state index in [9.17, 15) is 4.79 Å². The van der Waals surface area contributed by atoms with Crippen molar-refractivity contribution in [1.29, 1.82) is 0 Å². The van der Waals surface area contributed by atoms with Gasteiger partial charge in [0.1, 0.15) is 11.7 Å². The van der Waals surface area contributed by atoms with Gasteiger partial charge in [-0.1, -0.05) is 30.3 Å². The summed E-state index contributed by atoms with van der Waals surface area (Å²) in [5.74, 6) is 0.843. The second-order valence-corrected chi connectivity index (χ2v) is 5.71. The lowest BCUT2D eigenvalue weighted by Crippen LogP contribution is -2.18. The largest absolute Gasteiger partial charge is 0.358 e. The van der Waals surface area contributed by atoms with Crippen molar-refractivity contribution < 1.29 is 9.53 Å². The summed E-state index contributed by atoms with van der Waals surface area (Å²) in [7, 11) is 0. The van der Waals surface area contributed by atoms with Gasteiger partial charge in [-0.25, -0.2) is 0 Å². The highest BCUT2D eigenvalue weighted by molar-refractivity contribution is 5.84. The zero-order valence-corrected chi connectivity index (χ0v) is 10.9. The number of Topliss-reactive ketones (excluding diaryl/α,β-unsaturated/α-hetero) is 1. The summed E-state index contributed by atoms with van der Waals surface area (Å²) >= 11 is 0. The van der Waals surface area contributed by atoms with Gasteiger partial charge < -0.3 is 4.74 Å². The van der Waals surface area contributed by atoms with Gasteiger partial charge in [-0.2, -0.15) is 0 Å². The highest BCUT2D eigenvalue weighted by Gasteiger charge is 2.58. The number of rotatable bonds is 2. The van der Waals surface area contributed by atoms with Crippen LogP contribution in [0.2, 0.25) is 0 Å². The fraction of sp³-hybridized carbons (Fsp3) is 0.562. The van der Waals surface area contributed by atoms with Crippen molar-refractivity contribution in [3.05, 3.63) is 35.9 Å². The third-order valence-electron chi connectivity index (χ3n) is 4.48. The molecule has 96 valence electrons. The fourth-order valence-electron chi connectivity index (χ4n) is 3.43. The third-order valence-corrected chi connectivity index (χ3v) is 4.48. The summed E-state index contributed by atoms with van der Waals surface area (Å²) in [6, 6.07) is 10.7. The Kier molecular flexibility index (Phi) is 2.98. The lowest BCUT2D eigenvalue weighted by Gasteiger charge is -2.14. The van der Waals surface area contributed by atoms with Crippen LogP contribution in [0.3, 0.4) is 0 Å². The van der Waals surface area contributed by atoms with E-state index in [0.717, 1.165) is 19.3 Å². The van der Waals surface area contributed by atoms with Gasteiger partial charge in [0.15, 0.2) is 5.78 Å². The molecule has 0 N–H and O–H groups in total. The van der Waals surface area contributed by atoms with Crippen molar-refractivity contribution in [3.8, 4) is 0 Å². The second kappa shape index (κ2) is 4.51. The molecule has 1 aliphatic carbocycles. The van der Waals surface area contributed by atoms with Crippen molar-refractivity contribution in [2.75, 3.05) is 0 Å². The van der Waals surface area contributed by atoms with Crippen LogP contribution in [-0.2, 0) is 9.53 Å². The highest BCUT2D eigenvalue weighted by atomic mass is 16.6. The van der Waals surface area contributed by atoms with E-state index in [-0.39, 0.29) is 17.5 Å². The number of carbonyl (C=O) groups excluding carboxylic acids is 1. The first kappa shape index (κ1) is 11.9. The van der Waals surface area contributed by atoms with Crippen LogP contribution in [0.5, 0.6) is 0 Å². The molecule has 1 saturated carbocycles. The topological polar surface area (TPSA) is 29.6 Å². The van der Waals surface area contributed by atoms with E-state index in [2.05, 4.69) is 30.3 Å². The van der Waals surface area contributed by atoms with Gasteiger partial charge in [0.2, 0.25) is 0 Å². The molecule has 1 aromatic rings. The molecule has 3 rings (SSSR count). The smallest absolute Gasteiger partial charge is 0.161 e. The molecule has 0 aromatic heterocycles. The summed E-state index contributed by atoms with van der Waals surface area (Å²) < 4.78 is 5.72. The molecular weight excluding hydrogens is 224 g/mol. The second-order valence-electron chi connectivity index (χ2n) is 5.71. The van der Waals surface area contributed by atoms with E-state index in [1.807, 2.05) is 0 Å². The van der Waals surface area contributed by atoms with Gasteiger partial charge >= 0.3 is 0 Å². The quantitative estimate of drug-likeness (QED) is 0.746. The van der Waals surface area contributed by atoms with Gasteiger partial charge in [-0.05, 0) is 50.5 Å². The molecular formula is C16H20O2. The predicted molar refractivity (Wildman–Crippen MR) is 70.6 cm³/mol. The third kappa shape index (κ3) is 2.10. The lowest BCUT2D eigenvalue weighted by atomic mass is 9.90. The van der Waals surface area contributed by atoms with Crippen molar-refractivity contribution in [2.24, 2.45) is 0 Å². The van der Waals surface area contributed by atoms with Crippen molar-refractivity contribution in [2.45, 2.75) is 56.7 Å². The van der Waals surface area contributed by atoms with Gasteiger partial charge in [-0.3, -0.25) is 4.79 Å². The predicted octanol–water partition coefficient (Wildman–Crippen LogP) is 3.46. The standard InChI is InChI=1S/C16H20O2/c1-12(17)15-16(18-15)10-5-8-14(9-11-16)13-6-3-2-4-7-13/h2-4,6-7,14-15H,5,8-11H2,1H3. The van der Waals surface area contributed by atoms with E-state index in [0.29, 0.717) is 5.92 Å². The highest BCUT2D eigenvalue weighted by Crippen LogP contribution is 2.49. The Balaban J connectivity index is 1.68. The summed E-state index contributed by atoms with van der Waals surface area (Å²) in [4.78, 5) is 11.4. The minimum atomic E-state index is -0.105. The molecule has 2 aliphatic rings. The van der Waals surface area contributed by atoms with Crippen LogP contribution in [0.1, 0.15) is 50.5 Å². The van der Waals surface area contributed by atoms with Crippen LogP contribution in [0.25, 0.3) is 0 Å². The number of ketones is 1. The molecule has 1 aromatic carbocycles.